The Bertz CT molecular complexity index is 871. The van der Waals surface area contributed by atoms with Crippen molar-refractivity contribution in [2.24, 2.45) is 0 Å². The number of aromatic nitrogens is 4. The maximum absolute atomic E-state index is 12.6. The van der Waals surface area contributed by atoms with Gasteiger partial charge >= 0.3 is 0 Å². The molecule has 0 aliphatic carbocycles. The van der Waals surface area contributed by atoms with Gasteiger partial charge in [0.15, 0.2) is 0 Å². The van der Waals surface area contributed by atoms with Crippen molar-refractivity contribution in [1.82, 2.24) is 25.3 Å². The highest BCUT2D eigenvalue weighted by atomic mass is 16.1. The Hall–Kier alpha value is -2.76. The van der Waals surface area contributed by atoms with Gasteiger partial charge in [0.05, 0.1) is 17.3 Å². The highest BCUT2D eigenvalue weighted by molar-refractivity contribution is 6.07. The summed E-state index contributed by atoms with van der Waals surface area (Å²) in [7, 11) is 0. The third-order valence-electron chi connectivity index (χ3n) is 4.20. The van der Waals surface area contributed by atoms with Gasteiger partial charge < -0.3 is 5.32 Å². The summed E-state index contributed by atoms with van der Waals surface area (Å²) < 4.78 is 1.75. The number of hydrogen-bond acceptors (Lipinski definition) is 4. The molecule has 1 N–H and O–H groups in total. The highest BCUT2D eigenvalue weighted by Crippen LogP contribution is 2.23. The van der Waals surface area contributed by atoms with Crippen LogP contribution in [0.3, 0.4) is 0 Å². The fourth-order valence-corrected chi connectivity index (χ4v) is 2.74. The molecule has 0 saturated heterocycles. The molecule has 0 fully saturated rings. The normalized spacial score (nSPS) is 11.0. The molecule has 3 aromatic rings. The number of rotatable bonds is 5. The zero-order valence-electron chi connectivity index (χ0n) is 14.2. The fraction of sp³-hybridized carbons (Fsp3) is 0.333. The molecule has 0 atom stereocenters. The van der Waals surface area contributed by atoms with Crippen LogP contribution in [0.2, 0.25) is 0 Å². The van der Waals surface area contributed by atoms with Crippen molar-refractivity contribution >= 4 is 16.8 Å². The molecule has 24 heavy (non-hydrogen) atoms. The van der Waals surface area contributed by atoms with E-state index in [1.165, 1.54) is 5.56 Å². The predicted octanol–water partition coefficient (Wildman–Crippen LogP) is 2.57. The first-order chi connectivity index (χ1) is 11.6. The molecule has 3 rings (SSSR count). The number of nitrogens with one attached hydrogen (secondary N) is 1. The van der Waals surface area contributed by atoms with Crippen LogP contribution in [-0.4, -0.2) is 32.4 Å². The minimum absolute atomic E-state index is 0.0626. The van der Waals surface area contributed by atoms with E-state index in [0.29, 0.717) is 12.1 Å². The second kappa shape index (κ2) is 6.78. The van der Waals surface area contributed by atoms with E-state index in [1.54, 1.807) is 10.9 Å². The van der Waals surface area contributed by atoms with Crippen molar-refractivity contribution < 1.29 is 4.79 Å². The Kier molecular flexibility index (Phi) is 4.55. The van der Waals surface area contributed by atoms with Gasteiger partial charge in [-0.15, -0.1) is 5.10 Å². The first-order valence-corrected chi connectivity index (χ1v) is 8.06. The van der Waals surface area contributed by atoms with E-state index in [0.717, 1.165) is 35.1 Å². The second-order valence-electron chi connectivity index (χ2n) is 5.99. The van der Waals surface area contributed by atoms with Crippen LogP contribution in [0.25, 0.3) is 10.9 Å². The number of hydrogen-bond donors (Lipinski definition) is 1. The van der Waals surface area contributed by atoms with E-state index >= 15 is 0 Å². The van der Waals surface area contributed by atoms with E-state index in [2.05, 4.69) is 27.5 Å². The maximum Gasteiger partial charge on any atom is 0.252 e. The molecule has 0 aliphatic heterocycles. The van der Waals surface area contributed by atoms with Gasteiger partial charge in [-0.1, -0.05) is 17.3 Å². The molecule has 0 unspecified atom stereocenters. The van der Waals surface area contributed by atoms with Crippen LogP contribution in [0.5, 0.6) is 0 Å². The van der Waals surface area contributed by atoms with Crippen LogP contribution in [0.1, 0.15) is 33.6 Å². The minimum atomic E-state index is -0.0626. The fourth-order valence-electron chi connectivity index (χ4n) is 2.74. The van der Waals surface area contributed by atoms with Crippen molar-refractivity contribution in [3.8, 4) is 0 Å². The summed E-state index contributed by atoms with van der Waals surface area (Å²) in [4.78, 5) is 17.2. The van der Waals surface area contributed by atoms with Crippen LogP contribution >= 0.6 is 0 Å². The van der Waals surface area contributed by atoms with Gasteiger partial charge in [0.1, 0.15) is 0 Å². The van der Waals surface area contributed by atoms with Gasteiger partial charge in [-0.2, -0.15) is 0 Å². The van der Waals surface area contributed by atoms with Gasteiger partial charge in [0.2, 0.25) is 0 Å². The highest BCUT2D eigenvalue weighted by Gasteiger charge is 2.13. The van der Waals surface area contributed by atoms with Crippen LogP contribution in [0.15, 0.2) is 30.6 Å². The van der Waals surface area contributed by atoms with Gasteiger partial charge in [-0.3, -0.25) is 14.5 Å². The predicted molar refractivity (Wildman–Crippen MR) is 92.9 cm³/mol. The maximum atomic E-state index is 12.6. The molecule has 6 nitrogen and oxygen atoms in total. The van der Waals surface area contributed by atoms with Gasteiger partial charge in [-0.25, -0.2) is 0 Å². The Balaban J connectivity index is 1.75. The Morgan fingerprint density at radius 3 is 2.83 bits per heavy atom. The first kappa shape index (κ1) is 16.1. The number of pyridine rings is 1. The second-order valence-corrected chi connectivity index (χ2v) is 5.99. The van der Waals surface area contributed by atoms with Gasteiger partial charge in [0, 0.05) is 30.4 Å². The molecular weight excluding hydrogens is 302 g/mol. The number of carbonyl (C=O) groups is 1. The summed E-state index contributed by atoms with van der Waals surface area (Å²) in [5.41, 5.74) is 4.74. The molecule has 0 spiro atoms. The molecule has 1 aromatic carbocycles. The first-order valence-electron chi connectivity index (χ1n) is 8.06. The number of aryl methyl sites for hydroxylation is 4. The third kappa shape index (κ3) is 3.27. The zero-order valence-corrected chi connectivity index (χ0v) is 14.2. The summed E-state index contributed by atoms with van der Waals surface area (Å²) >= 11 is 0. The SMILES string of the molecule is Cc1cc(C(=O)NCCCn2ccnn2)c2ccc(C)c(C)c2n1. The Morgan fingerprint density at radius 2 is 2.08 bits per heavy atom. The summed E-state index contributed by atoms with van der Waals surface area (Å²) in [6.07, 6.45) is 4.26. The average molecular weight is 323 g/mol. The van der Waals surface area contributed by atoms with Crippen LogP contribution in [0, 0.1) is 20.8 Å². The van der Waals surface area contributed by atoms with Crippen molar-refractivity contribution in [3.05, 3.63) is 53.0 Å². The molecule has 2 aromatic heterocycles. The molecule has 1 amide bonds. The molecule has 0 aliphatic rings. The van der Waals surface area contributed by atoms with E-state index in [1.807, 2.05) is 38.2 Å². The molecule has 0 bridgehead atoms. The Labute approximate surface area is 140 Å². The van der Waals surface area contributed by atoms with Gasteiger partial charge in [-0.05, 0) is 44.4 Å². The van der Waals surface area contributed by atoms with E-state index in [4.69, 9.17) is 0 Å². The molecule has 124 valence electrons. The standard InChI is InChI=1S/C18H21N5O/c1-12-5-6-15-16(11-13(2)21-17(15)14(12)3)18(24)19-7-4-9-23-10-8-20-22-23/h5-6,8,10-11H,4,7,9H2,1-3H3,(H,19,24). The lowest BCUT2D eigenvalue weighted by atomic mass is 10.0. The lowest BCUT2D eigenvalue weighted by Crippen LogP contribution is -2.25. The molecule has 0 radical (unpaired) electrons. The molecule has 0 saturated carbocycles. The lowest BCUT2D eigenvalue weighted by molar-refractivity contribution is 0.0954. The summed E-state index contributed by atoms with van der Waals surface area (Å²) in [6, 6.07) is 5.87. The van der Waals surface area contributed by atoms with E-state index in [9.17, 15) is 4.79 Å². The van der Waals surface area contributed by atoms with Crippen LogP contribution in [-0.2, 0) is 6.54 Å². The minimum Gasteiger partial charge on any atom is -0.352 e. The number of fused-ring (bicyclic) bond motifs is 1. The molecule has 6 heteroatoms. The topological polar surface area (TPSA) is 72.7 Å². The lowest BCUT2D eigenvalue weighted by Gasteiger charge is -2.12. The van der Waals surface area contributed by atoms with Crippen LogP contribution in [0.4, 0.5) is 0 Å². The number of benzene rings is 1. The van der Waals surface area contributed by atoms with Crippen molar-refractivity contribution in [1.29, 1.82) is 0 Å². The van der Waals surface area contributed by atoms with E-state index < -0.39 is 0 Å². The number of nitrogens with zero attached hydrogens (tertiary/aromatic N) is 4. The molecular formula is C18H21N5O. The number of amides is 1. The van der Waals surface area contributed by atoms with Crippen LogP contribution < -0.4 is 5.32 Å². The quantitative estimate of drug-likeness (QED) is 0.733. The summed E-state index contributed by atoms with van der Waals surface area (Å²) in [5.74, 6) is -0.0626. The summed E-state index contributed by atoms with van der Waals surface area (Å²) in [5, 5.41) is 11.6. The van der Waals surface area contributed by atoms with Gasteiger partial charge in [0.25, 0.3) is 5.91 Å². The van der Waals surface area contributed by atoms with E-state index in [-0.39, 0.29) is 5.91 Å². The van der Waals surface area contributed by atoms with Crippen molar-refractivity contribution in [2.45, 2.75) is 33.7 Å². The third-order valence-corrected chi connectivity index (χ3v) is 4.20. The monoisotopic (exact) mass is 323 g/mol. The summed E-state index contributed by atoms with van der Waals surface area (Å²) in [6.45, 7) is 7.34. The van der Waals surface area contributed by atoms with Crippen molar-refractivity contribution in [3.63, 3.8) is 0 Å². The zero-order chi connectivity index (χ0) is 17.1. The van der Waals surface area contributed by atoms with Crippen molar-refractivity contribution in [2.75, 3.05) is 6.54 Å². The number of carbonyl (C=O) groups excluding carboxylic acids is 1. The molecule has 2 heterocycles. The average Bonchev–Trinajstić information content (AvgIpc) is 3.08. The smallest absolute Gasteiger partial charge is 0.252 e. The Morgan fingerprint density at radius 1 is 1.25 bits per heavy atom. The largest absolute Gasteiger partial charge is 0.352 e.